The van der Waals surface area contributed by atoms with Crippen molar-refractivity contribution in [1.29, 1.82) is 0 Å². The van der Waals surface area contributed by atoms with E-state index in [0.717, 1.165) is 17.8 Å². The smallest absolute Gasteiger partial charge is 0.0262 e. The largest absolute Gasteiger partial charge is 0.0880 e. The molecule has 0 aromatic rings. The quantitative estimate of drug-likeness (QED) is 0.396. The molecule has 0 heteroatoms. The zero-order valence-corrected chi connectivity index (χ0v) is 12.8. The lowest BCUT2D eigenvalue weighted by Gasteiger charge is -2.15. The molecule has 0 nitrogen and oxygen atoms in total. The molecule has 0 aliphatic carbocycles. The van der Waals surface area contributed by atoms with Gasteiger partial charge in [-0.1, -0.05) is 72.5 Å². The lowest BCUT2D eigenvalue weighted by molar-refractivity contribution is 0.387. The molecule has 0 saturated carbocycles. The molecule has 0 saturated heterocycles. The third kappa shape index (κ3) is 10.6. The minimum atomic E-state index is 0.768. The third-order valence-corrected chi connectivity index (χ3v) is 3.60. The Bertz CT molecular complexity index is 180. The van der Waals surface area contributed by atoms with Gasteiger partial charge >= 0.3 is 0 Å². The van der Waals surface area contributed by atoms with Gasteiger partial charge in [-0.25, -0.2) is 0 Å². The molecular weight excluding hydrogens is 204 g/mol. The van der Waals surface area contributed by atoms with Gasteiger partial charge in [-0.15, -0.1) is 0 Å². The van der Waals surface area contributed by atoms with Crippen LogP contribution in [0.15, 0.2) is 12.2 Å². The van der Waals surface area contributed by atoms with E-state index in [1.165, 1.54) is 44.9 Å². The van der Waals surface area contributed by atoms with E-state index in [2.05, 4.69) is 46.8 Å². The molecule has 0 aliphatic heterocycles. The van der Waals surface area contributed by atoms with E-state index in [9.17, 15) is 0 Å². The van der Waals surface area contributed by atoms with Crippen LogP contribution >= 0.6 is 0 Å². The molecule has 0 N–H and O–H groups in total. The number of hydrogen-bond acceptors (Lipinski definition) is 0. The Morgan fingerprint density at radius 3 is 2.18 bits per heavy atom. The zero-order chi connectivity index (χ0) is 13.1. The van der Waals surface area contributed by atoms with Gasteiger partial charge in [-0.05, 0) is 37.0 Å². The molecule has 0 aromatic carbocycles. The standard InChI is InChI=1S/C17H34/c1-6-8-11-16(4)14-17(5)13-9-12-15(3)10-7-2/h9,12,15-17H,6-8,10-11,13-14H2,1-5H3/b12-9+. The van der Waals surface area contributed by atoms with Gasteiger partial charge in [0.2, 0.25) is 0 Å². The van der Waals surface area contributed by atoms with E-state index >= 15 is 0 Å². The first-order chi connectivity index (χ1) is 8.10. The second-order valence-corrected chi connectivity index (χ2v) is 6.02. The minimum absolute atomic E-state index is 0.768. The Hall–Kier alpha value is -0.260. The maximum atomic E-state index is 2.41. The molecular formula is C17H34. The summed E-state index contributed by atoms with van der Waals surface area (Å²) in [5.74, 6) is 2.53. The summed E-state index contributed by atoms with van der Waals surface area (Å²) in [4.78, 5) is 0. The number of hydrogen-bond donors (Lipinski definition) is 0. The highest BCUT2D eigenvalue weighted by atomic mass is 14.1. The van der Waals surface area contributed by atoms with E-state index in [0.29, 0.717) is 0 Å². The second kappa shape index (κ2) is 10.9. The van der Waals surface area contributed by atoms with E-state index in [1.807, 2.05) is 0 Å². The molecule has 0 radical (unpaired) electrons. The van der Waals surface area contributed by atoms with E-state index in [-0.39, 0.29) is 0 Å². The fourth-order valence-corrected chi connectivity index (χ4v) is 2.55. The highest BCUT2D eigenvalue weighted by molar-refractivity contribution is 4.87. The summed E-state index contributed by atoms with van der Waals surface area (Å²) in [6.45, 7) is 11.7. The van der Waals surface area contributed by atoms with Gasteiger partial charge in [0.25, 0.3) is 0 Å². The summed E-state index contributed by atoms with van der Waals surface area (Å²) in [6, 6.07) is 0. The summed E-state index contributed by atoms with van der Waals surface area (Å²) in [7, 11) is 0. The van der Waals surface area contributed by atoms with Crippen LogP contribution in [0, 0.1) is 17.8 Å². The Morgan fingerprint density at radius 1 is 0.882 bits per heavy atom. The monoisotopic (exact) mass is 238 g/mol. The Morgan fingerprint density at radius 2 is 1.59 bits per heavy atom. The molecule has 3 atom stereocenters. The molecule has 0 aliphatic rings. The Balaban J connectivity index is 3.67. The van der Waals surface area contributed by atoms with Crippen molar-refractivity contribution in [2.24, 2.45) is 17.8 Å². The maximum Gasteiger partial charge on any atom is -0.0262 e. The maximum absolute atomic E-state index is 2.41. The minimum Gasteiger partial charge on any atom is -0.0880 e. The van der Waals surface area contributed by atoms with Crippen LogP contribution in [-0.2, 0) is 0 Å². The molecule has 0 rings (SSSR count). The van der Waals surface area contributed by atoms with E-state index in [4.69, 9.17) is 0 Å². The second-order valence-electron chi connectivity index (χ2n) is 6.02. The predicted octanol–water partition coefficient (Wildman–Crippen LogP) is 6.22. The van der Waals surface area contributed by atoms with Crippen LogP contribution in [0.4, 0.5) is 0 Å². The van der Waals surface area contributed by atoms with Crippen molar-refractivity contribution in [1.82, 2.24) is 0 Å². The van der Waals surface area contributed by atoms with Crippen LogP contribution in [0.2, 0.25) is 0 Å². The van der Waals surface area contributed by atoms with Gasteiger partial charge in [0.15, 0.2) is 0 Å². The summed E-state index contributed by atoms with van der Waals surface area (Å²) in [6.07, 6.45) is 14.3. The van der Waals surface area contributed by atoms with Crippen molar-refractivity contribution < 1.29 is 0 Å². The molecule has 0 fully saturated rings. The van der Waals surface area contributed by atoms with E-state index in [1.54, 1.807) is 0 Å². The van der Waals surface area contributed by atoms with Crippen LogP contribution in [0.5, 0.6) is 0 Å². The molecule has 17 heavy (non-hydrogen) atoms. The van der Waals surface area contributed by atoms with Gasteiger partial charge in [0.05, 0.1) is 0 Å². The average molecular weight is 238 g/mol. The van der Waals surface area contributed by atoms with Gasteiger partial charge in [0.1, 0.15) is 0 Å². The molecule has 0 amide bonds. The molecule has 102 valence electrons. The van der Waals surface area contributed by atoms with Gasteiger partial charge in [-0.3, -0.25) is 0 Å². The average Bonchev–Trinajstić information content (AvgIpc) is 2.26. The van der Waals surface area contributed by atoms with E-state index < -0.39 is 0 Å². The van der Waals surface area contributed by atoms with Crippen molar-refractivity contribution in [2.75, 3.05) is 0 Å². The Kier molecular flexibility index (Phi) is 10.7. The van der Waals surface area contributed by atoms with Crippen molar-refractivity contribution in [2.45, 2.75) is 79.6 Å². The zero-order valence-electron chi connectivity index (χ0n) is 12.8. The molecule has 0 aromatic heterocycles. The number of rotatable bonds is 10. The van der Waals surface area contributed by atoms with Gasteiger partial charge in [0, 0.05) is 0 Å². The molecule has 3 unspecified atom stereocenters. The van der Waals surface area contributed by atoms with Crippen LogP contribution in [-0.4, -0.2) is 0 Å². The Labute approximate surface area is 110 Å². The molecule has 0 spiro atoms. The summed E-state index contributed by atoms with van der Waals surface area (Å²) < 4.78 is 0. The SMILES string of the molecule is CCCCC(C)CC(C)C/C=C/C(C)CCC. The van der Waals surface area contributed by atoms with Gasteiger partial charge in [-0.2, -0.15) is 0 Å². The van der Waals surface area contributed by atoms with Crippen LogP contribution in [0.25, 0.3) is 0 Å². The lowest BCUT2D eigenvalue weighted by Crippen LogP contribution is -2.02. The fraction of sp³-hybridized carbons (Fsp3) is 0.882. The summed E-state index contributed by atoms with van der Waals surface area (Å²) in [5.41, 5.74) is 0. The predicted molar refractivity (Wildman–Crippen MR) is 80.3 cm³/mol. The first-order valence-electron chi connectivity index (χ1n) is 7.76. The third-order valence-electron chi connectivity index (χ3n) is 3.60. The van der Waals surface area contributed by atoms with Gasteiger partial charge < -0.3 is 0 Å². The first kappa shape index (κ1) is 16.7. The van der Waals surface area contributed by atoms with Crippen molar-refractivity contribution >= 4 is 0 Å². The lowest BCUT2D eigenvalue weighted by atomic mass is 9.91. The summed E-state index contributed by atoms with van der Waals surface area (Å²) >= 11 is 0. The van der Waals surface area contributed by atoms with Crippen LogP contribution in [0.1, 0.15) is 79.6 Å². The highest BCUT2D eigenvalue weighted by Crippen LogP contribution is 2.20. The van der Waals surface area contributed by atoms with Crippen molar-refractivity contribution in [3.8, 4) is 0 Å². The topological polar surface area (TPSA) is 0 Å². The summed E-state index contributed by atoms with van der Waals surface area (Å²) in [5, 5.41) is 0. The molecule has 0 bridgehead atoms. The van der Waals surface area contributed by atoms with Crippen LogP contribution in [0.3, 0.4) is 0 Å². The van der Waals surface area contributed by atoms with Crippen molar-refractivity contribution in [3.63, 3.8) is 0 Å². The molecule has 0 heterocycles. The van der Waals surface area contributed by atoms with Crippen LogP contribution < -0.4 is 0 Å². The fourth-order valence-electron chi connectivity index (χ4n) is 2.55. The highest BCUT2D eigenvalue weighted by Gasteiger charge is 2.07. The first-order valence-corrected chi connectivity index (χ1v) is 7.76. The number of unbranched alkanes of at least 4 members (excludes halogenated alkanes) is 1. The normalized spacial score (nSPS) is 17.2. The number of allylic oxidation sites excluding steroid dienone is 2. The van der Waals surface area contributed by atoms with Crippen molar-refractivity contribution in [3.05, 3.63) is 12.2 Å².